The maximum Gasteiger partial charge on any atom is 0.244 e. The fourth-order valence-electron chi connectivity index (χ4n) is 2.86. The van der Waals surface area contributed by atoms with Gasteiger partial charge in [0.05, 0.1) is 6.20 Å². The van der Waals surface area contributed by atoms with E-state index in [-0.39, 0.29) is 5.91 Å². The molecule has 0 bridgehead atoms. The Morgan fingerprint density at radius 3 is 2.71 bits per heavy atom. The van der Waals surface area contributed by atoms with Crippen molar-refractivity contribution in [2.75, 3.05) is 24.5 Å². The SMILES string of the molecule is O=C(/C=C/c1ccccc1)NCC1CCN(c2cnccn2)CC1. The Kier molecular flexibility index (Phi) is 5.56. The standard InChI is InChI=1S/C19H22N4O/c24-19(7-6-16-4-2-1-3-5-16)22-14-17-8-12-23(13-9-17)18-15-20-10-11-21-18/h1-7,10-11,15,17H,8-9,12-14H2,(H,22,24)/b7-6+. The van der Waals surface area contributed by atoms with E-state index in [0.717, 1.165) is 43.9 Å². The molecule has 2 heterocycles. The number of piperidine rings is 1. The molecule has 1 aromatic carbocycles. The molecule has 124 valence electrons. The second-order valence-corrected chi connectivity index (χ2v) is 5.98. The van der Waals surface area contributed by atoms with Gasteiger partial charge in [-0.05, 0) is 30.4 Å². The van der Waals surface area contributed by atoms with Crippen LogP contribution in [-0.2, 0) is 4.79 Å². The lowest BCUT2D eigenvalue weighted by Gasteiger charge is -2.32. The molecule has 5 heteroatoms. The first-order valence-corrected chi connectivity index (χ1v) is 8.33. The summed E-state index contributed by atoms with van der Waals surface area (Å²) in [4.78, 5) is 22.6. The van der Waals surface area contributed by atoms with Gasteiger partial charge in [-0.15, -0.1) is 0 Å². The van der Waals surface area contributed by atoms with Crippen LogP contribution >= 0.6 is 0 Å². The number of nitrogens with one attached hydrogen (secondary N) is 1. The molecule has 5 nitrogen and oxygen atoms in total. The highest BCUT2D eigenvalue weighted by Gasteiger charge is 2.20. The Bertz CT molecular complexity index is 664. The molecule has 0 spiro atoms. The van der Waals surface area contributed by atoms with Gasteiger partial charge in [0.15, 0.2) is 0 Å². The first-order chi connectivity index (χ1) is 11.8. The zero-order valence-electron chi connectivity index (χ0n) is 13.6. The van der Waals surface area contributed by atoms with Crippen LogP contribution in [0.5, 0.6) is 0 Å². The van der Waals surface area contributed by atoms with E-state index in [0.29, 0.717) is 5.92 Å². The third-order valence-electron chi connectivity index (χ3n) is 4.28. The first-order valence-electron chi connectivity index (χ1n) is 8.33. The molecule has 3 rings (SSSR count). The average Bonchev–Trinajstić information content (AvgIpc) is 2.67. The molecule has 0 atom stereocenters. The van der Waals surface area contributed by atoms with Gasteiger partial charge in [-0.2, -0.15) is 0 Å². The van der Waals surface area contributed by atoms with Gasteiger partial charge in [0.1, 0.15) is 5.82 Å². The molecule has 1 aliphatic heterocycles. The summed E-state index contributed by atoms with van der Waals surface area (Å²) in [6.45, 7) is 2.64. The lowest BCUT2D eigenvalue weighted by Crippen LogP contribution is -2.38. The molecule has 1 N–H and O–H groups in total. The molecule has 0 unspecified atom stereocenters. The van der Waals surface area contributed by atoms with Crippen molar-refractivity contribution < 1.29 is 4.79 Å². The summed E-state index contributed by atoms with van der Waals surface area (Å²) in [6, 6.07) is 9.84. The molecule has 1 aliphatic rings. The Morgan fingerprint density at radius 2 is 2.00 bits per heavy atom. The predicted molar refractivity (Wildman–Crippen MR) is 95.5 cm³/mol. The Labute approximate surface area is 142 Å². The van der Waals surface area contributed by atoms with Crippen LogP contribution in [0.2, 0.25) is 0 Å². The van der Waals surface area contributed by atoms with Crippen molar-refractivity contribution in [2.45, 2.75) is 12.8 Å². The van der Waals surface area contributed by atoms with Crippen molar-refractivity contribution in [3.63, 3.8) is 0 Å². The largest absolute Gasteiger partial charge is 0.355 e. The summed E-state index contributed by atoms with van der Waals surface area (Å²) in [5.74, 6) is 1.42. The lowest BCUT2D eigenvalue weighted by molar-refractivity contribution is -0.116. The molecule has 0 radical (unpaired) electrons. The van der Waals surface area contributed by atoms with Crippen LogP contribution in [0.15, 0.2) is 55.0 Å². The monoisotopic (exact) mass is 322 g/mol. The van der Waals surface area contributed by atoms with E-state index in [1.54, 1.807) is 24.7 Å². The Hall–Kier alpha value is -2.69. The number of carbonyl (C=O) groups excluding carboxylic acids is 1. The van der Waals surface area contributed by atoms with E-state index in [4.69, 9.17) is 0 Å². The van der Waals surface area contributed by atoms with Crippen LogP contribution in [0, 0.1) is 5.92 Å². The van der Waals surface area contributed by atoms with Gasteiger partial charge in [-0.1, -0.05) is 30.3 Å². The molecule has 1 aromatic heterocycles. The van der Waals surface area contributed by atoms with Gasteiger partial charge in [0.25, 0.3) is 0 Å². The van der Waals surface area contributed by atoms with Gasteiger partial charge >= 0.3 is 0 Å². The zero-order chi connectivity index (χ0) is 16.6. The molecular formula is C19H22N4O. The second-order valence-electron chi connectivity index (χ2n) is 5.98. The van der Waals surface area contributed by atoms with Crippen LogP contribution in [0.4, 0.5) is 5.82 Å². The van der Waals surface area contributed by atoms with Gasteiger partial charge in [-0.3, -0.25) is 9.78 Å². The summed E-state index contributed by atoms with van der Waals surface area (Å²) in [7, 11) is 0. The van der Waals surface area contributed by atoms with Gasteiger partial charge in [-0.25, -0.2) is 4.98 Å². The van der Waals surface area contributed by atoms with Crippen molar-refractivity contribution >= 4 is 17.8 Å². The number of rotatable bonds is 5. The number of benzene rings is 1. The van der Waals surface area contributed by atoms with E-state index >= 15 is 0 Å². The minimum Gasteiger partial charge on any atom is -0.355 e. The summed E-state index contributed by atoms with van der Waals surface area (Å²) in [5.41, 5.74) is 1.03. The molecule has 1 fully saturated rings. The molecule has 2 aromatic rings. The highest BCUT2D eigenvalue weighted by molar-refractivity contribution is 5.91. The minimum atomic E-state index is -0.0322. The number of carbonyl (C=O) groups is 1. The van der Waals surface area contributed by atoms with E-state index in [1.807, 2.05) is 36.4 Å². The summed E-state index contributed by atoms with van der Waals surface area (Å²) >= 11 is 0. The summed E-state index contributed by atoms with van der Waals surface area (Å²) in [5, 5.41) is 3.00. The van der Waals surface area contributed by atoms with Crippen LogP contribution in [0.1, 0.15) is 18.4 Å². The minimum absolute atomic E-state index is 0.0322. The average molecular weight is 322 g/mol. The molecule has 1 saturated heterocycles. The number of nitrogens with zero attached hydrogens (tertiary/aromatic N) is 3. The lowest BCUT2D eigenvalue weighted by atomic mass is 9.97. The zero-order valence-corrected chi connectivity index (χ0v) is 13.6. The smallest absolute Gasteiger partial charge is 0.244 e. The number of aromatic nitrogens is 2. The quantitative estimate of drug-likeness (QED) is 0.860. The number of amides is 1. The van der Waals surface area contributed by atoms with E-state index in [1.165, 1.54) is 0 Å². The van der Waals surface area contributed by atoms with Crippen molar-refractivity contribution in [3.8, 4) is 0 Å². The number of hydrogen-bond acceptors (Lipinski definition) is 4. The Morgan fingerprint density at radius 1 is 1.21 bits per heavy atom. The van der Waals surface area contributed by atoms with Crippen LogP contribution in [-0.4, -0.2) is 35.5 Å². The summed E-state index contributed by atoms with van der Waals surface area (Å²) in [6.07, 6.45) is 10.8. The van der Waals surface area contributed by atoms with Gasteiger partial charge in [0.2, 0.25) is 5.91 Å². The fourth-order valence-corrected chi connectivity index (χ4v) is 2.86. The normalized spacial score (nSPS) is 15.6. The third kappa shape index (κ3) is 4.65. The van der Waals surface area contributed by atoms with Crippen LogP contribution in [0.3, 0.4) is 0 Å². The van der Waals surface area contributed by atoms with Gasteiger partial charge < -0.3 is 10.2 Å². The molecule has 1 amide bonds. The molecule has 24 heavy (non-hydrogen) atoms. The van der Waals surface area contributed by atoms with Crippen LogP contribution < -0.4 is 10.2 Å². The van der Waals surface area contributed by atoms with E-state index in [9.17, 15) is 4.79 Å². The molecular weight excluding hydrogens is 300 g/mol. The summed E-state index contributed by atoms with van der Waals surface area (Å²) < 4.78 is 0. The highest BCUT2D eigenvalue weighted by Crippen LogP contribution is 2.20. The molecule has 0 saturated carbocycles. The van der Waals surface area contributed by atoms with Crippen molar-refractivity contribution in [1.82, 2.24) is 15.3 Å². The topological polar surface area (TPSA) is 58.1 Å². The third-order valence-corrected chi connectivity index (χ3v) is 4.28. The Balaban J connectivity index is 1.40. The maximum atomic E-state index is 11.9. The van der Waals surface area contributed by atoms with E-state index in [2.05, 4.69) is 20.2 Å². The van der Waals surface area contributed by atoms with E-state index < -0.39 is 0 Å². The van der Waals surface area contributed by atoms with Crippen molar-refractivity contribution in [3.05, 3.63) is 60.6 Å². The van der Waals surface area contributed by atoms with Crippen molar-refractivity contribution in [2.24, 2.45) is 5.92 Å². The first kappa shape index (κ1) is 16.2. The number of anilines is 1. The van der Waals surface area contributed by atoms with Crippen molar-refractivity contribution in [1.29, 1.82) is 0 Å². The number of hydrogen-bond donors (Lipinski definition) is 1. The van der Waals surface area contributed by atoms with Gasteiger partial charge in [0, 0.05) is 38.1 Å². The highest BCUT2D eigenvalue weighted by atomic mass is 16.1. The predicted octanol–water partition coefficient (Wildman–Crippen LogP) is 2.52. The maximum absolute atomic E-state index is 11.9. The second kappa shape index (κ2) is 8.24. The van der Waals surface area contributed by atoms with Crippen LogP contribution in [0.25, 0.3) is 6.08 Å². The molecule has 0 aliphatic carbocycles. The fraction of sp³-hybridized carbons (Fsp3) is 0.316.